The van der Waals surface area contributed by atoms with Crippen molar-refractivity contribution in [3.8, 4) is 0 Å². The Kier molecular flexibility index (Phi) is 3.49. The molecular weight excluding hydrogens is 302 g/mol. The van der Waals surface area contributed by atoms with Gasteiger partial charge in [-0.25, -0.2) is 4.98 Å². The maximum atomic E-state index is 11.0. The van der Waals surface area contributed by atoms with Gasteiger partial charge in [0.1, 0.15) is 0 Å². The molecule has 0 aliphatic heterocycles. The summed E-state index contributed by atoms with van der Waals surface area (Å²) < 4.78 is 2.10. The number of aromatic nitrogens is 1. The molecule has 0 radical (unpaired) electrons. The Hall–Kier alpha value is -0.940. The third-order valence-electron chi connectivity index (χ3n) is 2.90. The lowest BCUT2D eigenvalue weighted by Gasteiger charge is -2.12. The first kappa shape index (κ1) is 12.5. The fourth-order valence-electron chi connectivity index (χ4n) is 1.54. The minimum Gasteiger partial charge on any atom is -0.481 e. The number of carbonyl (C=O) groups is 1. The van der Waals surface area contributed by atoms with Crippen molar-refractivity contribution in [2.24, 2.45) is 5.92 Å². The first-order valence-corrected chi connectivity index (χ1v) is 6.89. The molecule has 5 heteroatoms. The van der Waals surface area contributed by atoms with Crippen LogP contribution in [-0.2, 0) is 4.79 Å². The Morgan fingerprint density at radius 2 is 2.18 bits per heavy atom. The van der Waals surface area contributed by atoms with Crippen LogP contribution in [0.2, 0.25) is 0 Å². The molecule has 1 aromatic heterocycles. The van der Waals surface area contributed by atoms with E-state index in [-0.39, 0.29) is 5.92 Å². The van der Waals surface area contributed by atoms with Crippen molar-refractivity contribution in [1.82, 2.24) is 4.98 Å². The van der Waals surface area contributed by atoms with E-state index in [9.17, 15) is 4.79 Å². The number of thiazole rings is 1. The van der Waals surface area contributed by atoms with E-state index >= 15 is 0 Å². The van der Waals surface area contributed by atoms with Gasteiger partial charge in [0.25, 0.3) is 0 Å². The van der Waals surface area contributed by atoms with Gasteiger partial charge in [-0.3, -0.25) is 4.79 Å². The molecule has 0 aliphatic carbocycles. The number of benzene rings is 1. The van der Waals surface area contributed by atoms with Crippen LogP contribution < -0.4 is 0 Å². The molecule has 0 aliphatic rings. The zero-order valence-corrected chi connectivity index (χ0v) is 11.9. The Labute approximate surface area is 112 Å². The predicted octanol–water partition coefficient (Wildman–Crippen LogP) is 3.88. The molecule has 2 unspecified atom stereocenters. The zero-order chi connectivity index (χ0) is 12.6. The van der Waals surface area contributed by atoms with Gasteiger partial charge in [0.2, 0.25) is 0 Å². The lowest BCUT2D eigenvalue weighted by Crippen LogP contribution is -2.16. The van der Waals surface area contributed by atoms with E-state index < -0.39 is 11.9 Å². The van der Waals surface area contributed by atoms with Crippen LogP contribution in [0, 0.1) is 5.92 Å². The first-order valence-electron chi connectivity index (χ1n) is 5.28. The summed E-state index contributed by atoms with van der Waals surface area (Å²) in [5.74, 6) is -1.26. The molecule has 2 aromatic rings. The highest BCUT2D eigenvalue weighted by molar-refractivity contribution is 9.10. The second-order valence-corrected chi connectivity index (χ2v) is 6.06. The molecule has 90 valence electrons. The van der Waals surface area contributed by atoms with Crippen molar-refractivity contribution in [1.29, 1.82) is 0 Å². The smallest absolute Gasteiger partial charge is 0.306 e. The number of fused-ring (bicyclic) bond motifs is 1. The van der Waals surface area contributed by atoms with Crippen LogP contribution >= 0.6 is 27.3 Å². The Balaban J connectivity index is 2.39. The molecule has 0 saturated carbocycles. The SMILES string of the molecule is CC(C(=O)O)C(C)c1nc2ccc(Br)cc2s1. The molecule has 1 aromatic carbocycles. The van der Waals surface area contributed by atoms with Crippen LogP contribution in [0.5, 0.6) is 0 Å². The average Bonchev–Trinajstić information content (AvgIpc) is 2.69. The first-order chi connectivity index (χ1) is 7.99. The fourth-order valence-corrected chi connectivity index (χ4v) is 3.21. The van der Waals surface area contributed by atoms with Gasteiger partial charge >= 0.3 is 5.97 Å². The number of rotatable bonds is 3. The molecular formula is C12H12BrNO2S. The highest BCUT2D eigenvalue weighted by Gasteiger charge is 2.23. The summed E-state index contributed by atoms with van der Waals surface area (Å²) in [5.41, 5.74) is 0.928. The largest absolute Gasteiger partial charge is 0.481 e. The van der Waals surface area contributed by atoms with Gasteiger partial charge in [-0.15, -0.1) is 11.3 Å². The van der Waals surface area contributed by atoms with Crippen LogP contribution in [0.15, 0.2) is 22.7 Å². The van der Waals surface area contributed by atoms with Gasteiger partial charge in [0, 0.05) is 10.4 Å². The third kappa shape index (κ3) is 2.50. The monoisotopic (exact) mass is 313 g/mol. The molecule has 2 atom stereocenters. The molecule has 0 bridgehead atoms. The van der Waals surface area contributed by atoms with E-state index in [0.29, 0.717) is 0 Å². The van der Waals surface area contributed by atoms with E-state index in [0.717, 1.165) is 19.7 Å². The van der Waals surface area contributed by atoms with Crippen molar-refractivity contribution in [2.45, 2.75) is 19.8 Å². The van der Waals surface area contributed by atoms with Gasteiger partial charge in [-0.2, -0.15) is 0 Å². The summed E-state index contributed by atoms with van der Waals surface area (Å²) in [6.45, 7) is 3.63. The van der Waals surface area contributed by atoms with E-state index in [1.807, 2.05) is 25.1 Å². The number of aliphatic carboxylic acids is 1. The van der Waals surface area contributed by atoms with Gasteiger partial charge in [-0.05, 0) is 18.2 Å². The van der Waals surface area contributed by atoms with Crippen molar-refractivity contribution in [2.75, 3.05) is 0 Å². The normalized spacial score (nSPS) is 14.8. The van der Waals surface area contributed by atoms with Gasteiger partial charge in [0.05, 0.1) is 21.1 Å². The maximum Gasteiger partial charge on any atom is 0.306 e. The summed E-state index contributed by atoms with van der Waals surface area (Å²) in [6.07, 6.45) is 0. The molecule has 1 N–H and O–H groups in total. The third-order valence-corrected chi connectivity index (χ3v) is 4.61. The summed E-state index contributed by atoms with van der Waals surface area (Å²) in [6, 6.07) is 5.89. The van der Waals surface area contributed by atoms with Gasteiger partial charge in [-0.1, -0.05) is 29.8 Å². The summed E-state index contributed by atoms with van der Waals surface area (Å²) >= 11 is 4.98. The second-order valence-electron chi connectivity index (χ2n) is 4.08. The van der Waals surface area contributed by atoms with Crippen LogP contribution in [0.3, 0.4) is 0 Å². The van der Waals surface area contributed by atoms with Crippen molar-refractivity contribution in [3.05, 3.63) is 27.7 Å². The van der Waals surface area contributed by atoms with Crippen molar-refractivity contribution < 1.29 is 9.90 Å². The number of halogens is 1. The zero-order valence-electron chi connectivity index (χ0n) is 9.48. The van der Waals surface area contributed by atoms with E-state index in [2.05, 4.69) is 20.9 Å². The average molecular weight is 314 g/mol. The molecule has 0 spiro atoms. The van der Waals surface area contributed by atoms with Crippen molar-refractivity contribution in [3.63, 3.8) is 0 Å². The lowest BCUT2D eigenvalue weighted by molar-refractivity contribution is -0.141. The van der Waals surface area contributed by atoms with E-state index in [1.165, 1.54) is 0 Å². The van der Waals surface area contributed by atoms with Gasteiger partial charge < -0.3 is 5.11 Å². The minimum absolute atomic E-state index is 0.0660. The fraction of sp³-hybridized carbons (Fsp3) is 0.333. The summed E-state index contributed by atoms with van der Waals surface area (Å²) in [7, 11) is 0. The Bertz CT molecular complexity index is 567. The maximum absolute atomic E-state index is 11.0. The number of carboxylic acid groups (broad SMARTS) is 1. The van der Waals surface area contributed by atoms with Gasteiger partial charge in [0.15, 0.2) is 0 Å². The van der Waals surface area contributed by atoms with E-state index in [1.54, 1.807) is 18.3 Å². The highest BCUT2D eigenvalue weighted by atomic mass is 79.9. The molecule has 0 fully saturated rings. The molecule has 0 amide bonds. The lowest BCUT2D eigenvalue weighted by atomic mass is 9.97. The quantitative estimate of drug-likeness (QED) is 0.935. The molecule has 1 heterocycles. The Morgan fingerprint density at radius 3 is 2.82 bits per heavy atom. The number of nitrogens with zero attached hydrogens (tertiary/aromatic N) is 1. The van der Waals surface area contributed by atoms with E-state index in [4.69, 9.17) is 5.11 Å². The van der Waals surface area contributed by atoms with Crippen molar-refractivity contribution >= 4 is 43.5 Å². The summed E-state index contributed by atoms with van der Waals surface area (Å²) in [5, 5.41) is 9.88. The number of carboxylic acids is 1. The molecule has 2 rings (SSSR count). The molecule has 3 nitrogen and oxygen atoms in total. The number of hydrogen-bond donors (Lipinski definition) is 1. The molecule has 0 saturated heterocycles. The second kappa shape index (κ2) is 4.74. The minimum atomic E-state index is -0.780. The Morgan fingerprint density at radius 1 is 1.47 bits per heavy atom. The van der Waals surface area contributed by atoms with Crippen LogP contribution in [0.25, 0.3) is 10.2 Å². The summed E-state index contributed by atoms with van der Waals surface area (Å²) in [4.78, 5) is 15.4. The predicted molar refractivity (Wildman–Crippen MR) is 72.5 cm³/mol. The van der Waals surface area contributed by atoms with Crippen LogP contribution in [0.4, 0.5) is 0 Å². The van der Waals surface area contributed by atoms with Crippen LogP contribution in [0.1, 0.15) is 24.8 Å². The standard InChI is InChI=1S/C12H12BrNO2S/c1-6(7(2)12(15)16)11-14-9-4-3-8(13)5-10(9)17-11/h3-7H,1-2H3,(H,15,16). The topological polar surface area (TPSA) is 50.2 Å². The highest BCUT2D eigenvalue weighted by Crippen LogP contribution is 2.32. The van der Waals surface area contributed by atoms with Crippen LogP contribution in [-0.4, -0.2) is 16.1 Å². The number of hydrogen-bond acceptors (Lipinski definition) is 3. The molecule has 17 heavy (non-hydrogen) atoms.